The standard InChI is InChI=1S/C14H11ClFN3S3/c15-12-6-5-11(21-12)8-20-14-19-18-13(22-14)17-7-9-1-3-10(16)4-2-9/h1-6H,7-8H2,(H,17,18). The first-order chi connectivity index (χ1) is 10.7. The van der Waals surface area contributed by atoms with E-state index in [-0.39, 0.29) is 5.82 Å². The van der Waals surface area contributed by atoms with E-state index in [1.54, 1.807) is 35.2 Å². The highest BCUT2D eigenvalue weighted by atomic mass is 35.5. The number of benzene rings is 1. The summed E-state index contributed by atoms with van der Waals surface area (Å²) < 4.78 is 14.5. The van der Waals surface area contributed by atoms with Gasteiger partial charge in [-0.05, 0) is 29.8 Å². The van der Waals surface area contributed by atoms with E-state index in [2.05, 4.69) is 15.5 Å². The first-order valence-electron chi connectivity index (χ1n) is 6.38. The van der Waals surface area contributed by atoms with Gasteiger partial charge < -0.3 is 5.32 Å². The van der Waals surface area contributed by atoms with Gasteiger partial charge in [-0.3, -0.25) is 0 Å². The van der Waals surface area contributed by atoms with Crippen molar-refractivity contribution in [2.24, 2.45) is 0 Å². The summed E-state index contributed by atoms with van der Waals surface area (Å²) in [4.78, 5) is 1.21. The fourth-order valence-corrected chi connectivity index (χ4v) is 4.56. The molecule has 0 unspecified atom stereocenters. The Hall–Kier alpha value is -1.15. The van der Waals surface area contributed by atoms with Gasteiger partial charge in [-0.1, -0.05) is 46.8 Å². The molecule has 114 valence electrons. The Bertz CT molecular complexity index is 742. The number of rotatable bonds is 6. The van der Waals surface area contributed by atoms with Gasteiger partial charge in [0.25, 0.3) is 0 Å². The highest BCUT2D eigenvalue weighted by Crippen LogP contribution is 2.31. The fourth-order valence-electron chi connectivity index (χ4n) is 1.68. The predicted molar refractivity (Wildman–Crippen MR) is 92.5 cm³/mol. The van der Waals surface area contributed by atoms with Gasteiger partial charge in [0.05, 0.1) is 4.34 Å². The minimum absolute atomic E-state index is 0.230. The maximum atomic E-state index is 12.8. The summed E-state index contributed by atoms with van der Waals surface area (Å²) in [6.07, 6.45) is 0. The van der Waals surface area contributed by atoms with Crippen molar-refractivity contribution < 1.29 is 4.39 Å². The minimum Gasteiger partial charge on any atom is -0.356 e. The lowest BCUT2D eigenvalue weighted by molar-refractivity contribution is 0.627. The maximum Gasteiger partial charge on any atom is 0.206 e. The highest BCUT2D eigenvalue weighted by Gasteiger charge is 2.06. The molecule has 1 N–H and O–H groups in total. The van der Waals surface area contributed by atoms with Crippen molar-refractivity contribution >= 4 is 51.2 Å². The average molecular weight is 372 g/mol. The Balaban J connectivity index is 1.51. The molecule has 3 aromatic rings. The molecule has 0 fully saturated rings. The van der Waals surface area contributed by atoms with Crippen LogP contribution in [0.4, 0.5) is 9.52 Å². The Labute approximate surface area is 144 Å². The summed E-state index contributed by atoms with van der Waals surface area (Å²) in [6.45, 7) is 0.597. The summed E-state index contributed by atoms with van der Waals surface area (Å²) in [6, 6.07) is 10.3. The number of hydrogen-bond acceptors (Lipinski definition) is 6. The zero-order valence-electron chi connectivity index (χ0n) is 11.3. The van der Waals surface area contributed by atoms with Crippen molar-refractivity contribution in [3.8, 4) is 0 Å². The fraction of sp³-hybridized carbons (Fsp3) is 0.143. The number of thiophene rings is 1. The van der Waals surface area contributed by atoms with E-state index in [1.165, 1.54) is 28.3 Å². The topological polar surface area (TPSA) is 37.8 Å². The largest absolute Gasteiger partial charge is 0.356 e. The third-order valence-corrected chi connectivity index (χ3v) is 6.21. The Morgan fingerprint density at radius 3 is 2.64 bits per heavy atom. The number of anilines is 1. The molecule has 0 bridgehead atoms. The van der Waals surface area contributed by atoms with Crippen molar-refractivity contribution in [2.45, 2.75) is 16.6 Å². The van der Waals surface area contributed by atoms with E-state index in [4.69, 9.17) is 11.6 Å². The Morgan fingerprint density at radius 2 is 1.91 bits per heavy atom. The van der Waals surface area contributed by atoms with E-state index in [9.17, 15) is 4.39 Å². The molecule has 0 saturated carbocycles. The van der Waals surface area contributed by atoms with Gasteiger partial charge in [0, 0.05) is 17.2 Å². The van der Waals surface area contributed by atoms with Crippen LogP contribution in [0.5, 0.6) is 0 Å². The molecule has 0 spiro atoms. The molecule has 2 aromatic heterocycles. The number of nitrogens with one attached hydrogen (secondary N) is 1. The van der Waals surface area contributed by atoms with Crippen LogP contribution in [0.2, 0.25) is 4.34 Å². The van der Waals surface area contributed by atoms with Crippen LogP contribution < -0.4 is 5.32 Å². The van der Waals surface area contributed by atoms with Crippen LogP contribution in [-0.4, -0.2) is 10.2 Å². The highest BCUT2D eigenvalue weighted by molar-refractivity contribution is 8.00. The van der Waals surface area contributed by atoms with Crippen LogP contribution in [0.25, 0.3) is 0 Å². The Kier molecular flexibility index (Phi) is 5.30. The molecule has 3 rings (SSSR count). The second kappa shape index (κ2) is 7.41. The van der Waals surface area contributed by atoms with Gasteiger partial charge in [0.2, 0.25) is 5.13 Å². The molecule has 3 nitrogen and oxygen atoms in total. The third kappa shape index (κ3) is 4.42. The first kappa shape index (κ1) is 15.7. The first-order valence-corrected chi connectivity index (χ1v) is 9.37. The average Bonchev–Trinajstić information content (AvgIpc) is 3.13. The van der Waals surface area contributed by atoms with Gasteiger partial charge in [0.1, 0.15) is 5.82 Å². The summed E-state index contributed by atoms with van der Waals surface area (Å²) in [5, 5.41) is 12.2. The minimum atomic E-state index is -0.230. The van der Waals surface area contributed by atoms with E-state index in [0.29, 0.717) is 6.54 Å². The van der Waals surface area contributed by atoms with E-state index in [1.807, 2.05) is 12.1 Å². The van der Waals surface area contributed by atoms with Crippen molar-refractivity contribution in [2.75, 3.05) is 5.32 Å². The molecule has 0 aliphatic heterocycles. The summed E-state index contributed by atoms with van der Waals surface area (Å²) in [7, 11) is 0. The van der Waals surface area contributed by atoms with Crippen LogP contribution in [0.15, 0.2) is 40.7 Å². The van der Waals surface area contributed by atoms with Gasteiger partial charge in [-0.15, -0.1) is 21.5 Å². The lowest BCUT2D eigenvalue weighted by atomic mass is 10.2. The molecule has 0 saturated heterocycles. The molecule has 1 aromatic carbocycles. The van der Waals surface area contributed by atoms with Crippen LogP contribution in [0.1, 0.15) is 10.4 Å². The number of nitrogens with zero attached hydrogens (tertiary/aromatic N) is 2. The molecular weight excluding hydrogens is 361 g/mol. The SMILES string of the molecule is Fc1ccc(CNc2nnc(SCc3ccc(Cl)s3)s2)cc1. The number of thioether (sulfide) groups is 1. The second-order valence-corrected chi connectivity index (χ2v) is 8.35. The predicted octanol–water partition coefficient (Wildman–Crippen LogP) is 5.30. The van der Waals surface area contributed by atoms with Crippen molar-refractivity contribution in [3.63, 3.8) is 0 Å². The quantitative estimate of drug-likeness (QED) is 0.597. The van der Waals surface area contributed by atoms with Crippen molar-refractivity contribution in [3.05, 3.63) is 57.0 Å². The van der Waals surface area contributed by atoms with Crippen molar-refractivity contribution in [1.82, 2.24) is 10.2 Å². The van der Waals surface area contributed by atoms with Crippen LogP contribution in [0, 0.1) is 5.82 Å². The van der Waals surface area contributed by atoms with Gasteiger partial charge in [-0.25, -0.2) is 4.39 Å². The number of halogens is 2. The normalized spacial score (nSPS) is 10.8. The van der Waals surface area contributed by atoms with E-state index < -0.39 is 0 Å². The lowest BCUT2D eigenvalue weighted by Crippen LogP contribution is -1.98. The zero-order chi connectivity index (χ0) is 15.4. The van der Waals surface area contributed by atoms with E-state index >= 15 is 0 Å². The van der Waals surface area contributed by atoms with Gasteiger partial charge in [-0.2, -0.15) is 0 Å². The van der Waals surface area contributed by atoms with Crippen LogP contribution >= 0.6 is 46.0 Å². The molecule has 0 aliphatic carbocycles. The molecule has 0 aliphatic rings. The molecule has 0 atom stereocenters. The molecular formula is C14H11ClFN3S3. The molecule has 2 heterocycles. The van der Waals surface area contributed by atoms with E-state index in [0.717, 1.165) is 25.1 Å². The summed E-state index contributed by atoms with van der Waals surface area (Å²) in [5.41, 5.74) is 0.999. The Morgan fingerprint density at radius 1 is 1.09 bits per heavy atom. The number of aromatic nitrogens is 2. The van der Waals surface area contributed by atoms with Gasteiger partial charge in [0.15, 0.2) is 4.34 Å². The zero-order valence-corrected chi connectivity index (χ0v) is 14.5. The third-order valence-electron chi connectivity index (χ3n) is 2.73. The van der Waals surface area contributed by atoms with Crippen LogP contribution in [-0.2, 0) is 12.3 Å². The molecule has 0 amide bonds. The summed E-state index contributed by atoms with van der Waals surface area (Å²) in [5.74, 6) is 0.608. The number of hydrogen-bond donors (Lipinski definition) is 1. The van der Waals surface area contributed by atoms with Crippen LogP contribution in [0.3, 0.4) is 0 Å². The second-order valence-electron chi connectivity index (χ2n) is 4.35. The molecule has 22 heavy (non-hydrogen) atoms. The summed E-state index contributed by atoms with van der Waals surface area (Å²) >= 11 is 10.6. The molecule has 0 radical (unpaired) electrons. The van der Waals surface area contributed by atoms with Crippen molar-refractivity contribution in [1.29, 1.82) is 0 Å². The lowest BCUT2D eigenvalue weighted by Gasteiger charge is -2.01. The maximum absolute atomic E-state index is 12.8. The van der Waals surface area contributed by atoms with Gasteiger partial charge >= 0.3 is 0 Å². The smallest absolute Gasteiger partial charge is 0.206 e. The monoisotopic (exact) mass is 371 g/mol. The molecule has 8 heteroatoms.